The smallest absolute Gasteiger partial charge is 0.225 e. The third kappa shape index (κ3) is 4.21. The number of rotatable bonds is 5. The van der Waals surface area contributed by atoms with Crippen molar-refractivity contribution in [2.75, 3.05) is 51.8 Å². The van der Waals surface area contributed by atoms with Gasteiger partial charge in [-0.05, 0) is 33.0 Å². The summed E-state index contributed by atoms with van der Waals surface area (Å²) in [5, 5.41) is 3.29. The van der Waals surface area contributed by atoms with E-state index in [0.717, 1.165) is 38.4 Å². The number of hydrogen-bond donors (Lipinski definition) is 1. The van der Waals surface area contributed by atoms with Gasteiger partial charge in [-0.15, -0.1) is 0 Å². The summed E-state index contributed by atoms with van der Waals surface area (Å²) in [5.74, 6) is 1.36. The summed E-state index contributed by atoms with van der Waals surface area (Å²) in [6.07, 6.45) is 5.17. The molecule has 0 radical (unpaired) electrons. The zero-order valence-corrected chi connectivity index (χ0v) is 14.5. The molecule has 0 aromatic carbocycles. The Morgan fingerprint density at radius 3 is 2.67 bits per heavy atom. The summed E-state index contributed by atoms with van der Waals surface area (Å²) in [4.78, 5) is 25.6. The van der Waals surface area contributed by atoms with E-state index < -0.39 is 0 Å². The first kappa shape index (κ1) is 17.1. The molecule has 2 aliphatic heterocycles. The van der Waals surface area contributed by atoms with E-state index >= 15 is 0 Å². The third-order valence-corrected chi connectivity index (χ3v) is 4.80. The van der Waals surface area contributed by atoms with Gasteiger partial charge < -0.3 is 19.9 Å². The summed E-state index contributed by atoms with van der Waals surface area (Å²) in [6, 6.07) is 1.95. The summed E-state index contributed by atoms with van der Waals surface area (Å²) < 4.78 is 5.36. The van der Waals surface area contributed by atoms with Crippen LogP contribution in [0.15, 0.2) is 18.5 Å². The van der Waals surface area contributed by atoms with Gasteiger partial charge in [0.25, 0.3) is 0 Å². The molecule has 0 bridgehead atoms. The Balaban J connectivity index is 1.65. The Morgan fingerprint density at radius 1 is 1.29 bits per heavy atom. The Hall–Kier alpha value is -1.73. The van der Waals surface area contributed by atoms with Crippen LogP contribution in [0.1, 0.15) is 12.8 Å². The van der Waals surface area contributed by atoms with Crippen LogP contribution >= 0.6 is 0 Å². The minimum absolute atomic E-state index is 0.0841. The molecular weight excluding hydrogens is 306 g/mol. The lowest BCUT2D eigenvalue weighted by atomic mass is 9.97. The fourth-order valence-electron chi connectivity index (χ4n) is 3.57. The van der Waals surface area contributed by atoms with Crippen molar-refractivity contribution in [1.29, 1.82) is 0 Å². The van der Waals surface area contributed by atoms with E-state index in [1.807, 2.05) is 6.07 Å². The number of anilines is 1. The van der Waals surface area contributed by atoms with Gasteiger partial charge in [0.05, 0.1) is 6.04 Å². The van der Waals surface area contributed by atoms with Crippen molar-refractivity contribution in [1.82, 2.24) is 20.2 Å². The summed E-state index contributed by atoms with van der Waals surface area (Å²) in [5.41, 5.74) is 0. The minimum Gasteiger partial charge on any atom is -0.381 e. The Labute approximate surface area is 143 Å². The quantitative estimate of drug-likeness (QED) is 0.840. The lowest BCUT2D eigenvalue weighted by Crippen LogP contribution is -2.46. The molecule has 0 spiro atoms. The first-order chi connectivity index (χ1) is 11.6. The molecule has 1 aromatic rings. The second-order valence-corrected chi connectivity index (χ2v) is 6.98. The molecule has 2 fully saturated rings. The summed E-state index contributed by atoms with van der Waals surface area (Å²) >= 11 is 0. The molecule has 1 amide bonds. The highest BCUT2D eigenvalue weighted by atomic mass is 16.5. The lowest BCUT2D eigenvalue weighted by molar-refractivity contribution is -0.128. The standard InChI is InChI=1S/C17H27N5O2/c1-21(2)10-14-11-22(17-18-6-3-7-19-17)12-15(14)20-16(23)13-4-8-24-9-5-13/h3,6-7,13-15H,4-5,8-12H2,1-2H3,(H,20,23)/t14-,15-/m1/s1. The van der Waals surface area contributed by atoms with Crippen LogP contribution < -0.4 is 10.2 Å². The van der Waals surface area contributed by atoms with Gasteiger partial charge in [0, 0.05) is 57.1 Å². The zero-order valence-electron chi connectivity index (χ0n) is 14.5. The fraction of sp³-hybridized carbons (Fsp3) is 0.706. The topological polar surface area (TPSA) is 70.6 Å². The van der Waals surface area contributed by atoms with Crippen LogP contribution in [0.25, 0.3) is 0 Å². The molecule has 2 saturated heterocycles. The second kappa shape index (κ2) is 7.90. The molecule has 7 nitrogen and oxygen atoms in total. The molecule has 0 saturated carbocycles. The van der Waals surface area contributed by atoms with E-state index in [2.05, 4.69) is 39.2 Å². The van der Waals surface area contributed by atoms with E-state index in [4.69, 9.17) is 4.74 Å². The molecule has 7 heteroatoms. The molecule has 3 rings (SSSR count). The molecule has 0 unspecified atom stereocenters. The number of ether oxygens (including phenoxy) is 1. The molecule has 2 atom stereocenters. The van der Waals surface area contributed by atoms with Crippen molar-refractivity contribution >= 4 is 11.9 Å². The van der Waals surface area contributed by atoms with Gasteiger partial charge in [0.15, 0.2) is 0 Å². The molecular formula is C17H27N5O2. The highest BCUT2D eigenvalue weighted by Crippen LogP contribution is 2.23. The number of hydrogen-bond acceptors (Lipinski definition) is 6. The summed E-state index contributed by atoms with van der Waals surface area (Å²) in [6.45, 7) is 3.93. The maximum Gasteiger partial charge on any atom is 0.225 e. The van der Waals surface area contributed by atoms with Crippen LogP contribution in [-0.4, -0.2) is 73.8 Å². The monoisotopic (exact) mass is 333 g/mol. The average molecular weight is 333 g/mol. The van der Waals surface area contributed by atoms with Crippen molar-refractivity contribution in [3.8, 4) is 0 Å². The van der Waals surface area contributed by atoms with Gasteiger partial charge in [-0.25, -0.2) is 9.97 Å². The number of carbonyl (C=O) groups is 1. The van der Waals surface area contributed by atoms with Crippen LogP contribution in [0.4, 0.5) is 5.95 Å². The lowest BCUT2D eigenvalue weighted by Gasteiger charge is -2.26. The van der Waals surface area contributed by atoms with Gasteiger partial charge in [-0.3, -0.25) is 4.79 Å². The number of amides is 1. The molecule has 1 aromatic heterocycles. The van der Waals surface area contributed by atoms with E-state index in [1.54, 1.807) is 12.4 Å². The van der Waals surface area contributed by atoms with Crippen LogP contribution in [-0.2, 0) is 9.53 Å². The van der Waals surface area contributed by atoms with Crippen LogP contribution in [0, 0.1) is 11.8 Å². The molecule has 24 heavy (non-hydrogen) atoms. The van der Waals surface area contributed by atoms with E-state index in [1.165, 1.54) is 0 Å². The number of nitrogens with zero attached hydrogens (tertiary/aromatic N) is 4. The Kier molecular flexibility index (Phi) is 5.63. The van der Waals surface area contributed by atoms with Crippen molar-refractivity contribution in [3.05, 3.63) is 18.5 Å². The predicted molar refractivity (Wildman–Crippen MR) is 91.8 cm³/mol. The maximum absolute atomic E-state index is 12.6. The molecule has 3 heterocycles. The second-order valence-electron chi connectivity index (χ2n) is 6.98. The third-order valence-electron chi connectivity index (χ3n) is 4.80. The number of aromatic nitrogens is 2. The highest BCUT2D eigenvalue weighted by molar-refractivity contribution is 5.79. The van der Waals surface area contributed by atoms with Gasteiger partial charge >= 0.3 is 0 Å². The van der Waals surface area contributed by atoms with Crippen molar-refractivity contribution < 1.29 is 9.53 Å². The largest absolute Gasteiger partial charge is 0.381 e. The van der Waals surface area contributed by atoms with Gasteiger partial charge in [0.2, 0.25) is 11.9 Å². The number of carbonyl (C=O) groups excluding carboxylic acids is 1. The molecule has 0 aliphatic carbocycles. The van der Waals surface area contributed by atoms with Gasteiger partial charge in [0.1, 0.15) is 0 Å². The maximum atomic E-state index is 12.6. The SMILES string of the molecule is CN(C)C[C@@H]1CN(c2ncccn2)C[C@H]1NC(=O)C1CCOCC1. The minimum atomic E-state index is 0.0841. The summed E-state index contributed by atoms with van der Waals surface area (Å²) in [7, 11) is 4.14. The highest BCUT2D eigenvalue weighted by Gasteiger charge is 2.36. The van der Waals surface area contributed by atoms with Crippen LogP contribution in [0.3, 0.4) is 0 Å². The van der Waals surface area contributed by atoms with E-state index in [9.17, 15) is 4.79 Å². The van der Waals surface area contributed by atoms with Crippen molar-refractivity contribution in [2.45, 2.75) is 18.9 Å². The van der Waals surface area contributed by atoms with Crippen molar-refractivity contribution in [2.24, 2.45) is 11.8 Å². The molecule has 1 N–H and O–H groups in total. The van der Waals surface area contributed by atoms with Gasteiger partial charge in [-0.2, -0.15) is 0 Å². The molecule has 2 aliphatic rings. The normalized spacial score (nSPS) is 25.2. The fourth-order valence-corrected chi connectivity index (χ4v) is 3.57. The number of nitrogens with one attached hydrogen (secondary N) is 1. The van der Waals surface area contributed by atoms with Crippen LogP contribution in [0.2, 0.25) is 0 Å². The Morgan fingerprint density at radius 2 is 2.00 bits per heavy atom. The predicted octanol–water partition coefficient (Wildman–Crippen LogP) is 0.386. The average Bonchev–Trinajstić information content (AvgIpc) is 2.98. The van der Waals surface area contributed by atoms with E-state index in [-0.39, 0.29) is 17.9 Å². The van der Waals surface area contributed by atoms with Gasteiger partial charge in [-0.1, -0.05) is 0 Å². The molecule has 132 valence electrons. The van der Waals surface area contributed by atoms with Crippen molar-refractivity contribution in [3.63, 3.8) is 0 Å². The first-order valence-corrected chi connectivity index (χ1v) is 8.68. The van der Waals surface area contributed by atoms with E-state index in [0.29, 0.717) is 19.1 Å². The Bertz CT molecular complexity index is 533. The first-order valence-electron chi connectivity index (χ1n) is 8.68. The zero-order chi connectivity index (χ0) is 16.9. The van der Waals surface area contributed by atoms with Crippen LogP contribution in [0.5, 0.6) is 0 Å².